The van der Waals surface area contributed by atoms with Gasteiger partial charge in [-0.25, -0.2) is 0 Å². The molecule has 0 amide bonds. The molecule has 0 unspecified atom stereocenters. The van der Waals surface area contributed by atoms with Crippen LogP contribution in [0.1, 0.15) is 26.2 Å². The molecule has 3 nitrogen and oxygen atoms in total. The lowest BCUT2D eigenvalue weighted by atomic mass is 10.2. The lowest BCUT2D eigenvalue weighted by molar-refractivity contribution is 0.659. The third-order valence-electron chi connectivity index (χ3n) is 2.58. The maximum atomic E-state index is 4.30. The molecule has 0 aromatic rings. The van der Waals surface area contributed by atoms with E-state index in [-0.39, 0.29) is 0 Å². The van der Waals surface area contributed by atoms with E-state index in [0.29, 0.717) is 6.04 Å². The highest BCUT2D eigenvalue weighted by Crippen LogP contribution is 2.34. The van der Waals surface area contributed by atoms with Gasteiger partial charge in [-0.2, -0.15) is 0 Å². The molecule has 0 aromatic carbocycles. The molecule has 2 aliphatic rings. The molecule has 3 heteroatoms. The van der Waals surface area contributed by atoms with Gasteiger partial charge in [0.05, 0.1) is 6.54 Å². The summed E-state index contributed by atoms with van der Waals surface area (Å²) in [6.45, 7) is 4.20. The van der Waals surface area contributed by atoms with Gasteiger partial charge < -0.3 is 10.6 Å². The lowest BCUT2D eigenvalue weighted by Crippen LogP contribution is -2.35. The van der Waals surface area contributed by atoms with Crippen LogP contribution in [0.2, 0.25) is 0 Å². The predicted molar refractivity (Wildman–Crippen MR) is 50.2 cm³/mol. The van der Waals surface area contributed by atoms with E-state index in [1.165, 1.54) is 19.3 Å². The molecule has 2 N–H and O–H groups in total. The van der Waals surface area contributed by atoms with Crippen molar-refractivity contribution in [1.82, 2.24) is 10.6 Å². The van der Waals surface area contributed by atoms with Crippen LogP contribution in [0.15, 0.2) is 4.99 Å². The van der Waals surface area contributed by atoms with Gasteiger partial charge in [0.15, 0.2) is 5.96 Å². The van der Waals surface area contributed by atoms with Crippen molar-refractivity contribution in [3.63, 3.8) is 0 Å². The summed E-state index contributed by atoms with van der Waals surface area (Å²) in [5, 5.41) is 6.66. The standard InChI is InChI=1S/C9H17N3/c1-2-3-7-6-8(7)12-9-10-4-5-11-9/h7-8H,2-6H2,1H3,(H2,10,11,12)/t7-,8-/m1/s1. The molecular formula is C9H17N3. The Morgan fingerprint density at radius 3 is 3.25 bits per heavy atom. The zero-order valence-electron chi connectivity index (χ0n) is 7.64. The Kier molecular flexibility index (Phi) is 2.19. The Labute approximate surface area is 73.6 Å². The molecule has 68 valence electrons. The summed E-state index contributed by atoms with van der Waals surface area (Å²) in [5.74, 6) is 1.94. The Morgan fingerprint density at radius 2 is 2.58 bits per heavy atom. The van der Waals surface area contributed by atoms with E-state index in [0.717, 1.165) is 25.0 Å². The molecule has 2 rings (SSSR count). The number of aliphatic imine (C=N–C) groups is 1. The molecule has 0 bridgehead atoms. The largest absolute Gasteiger partial charge is 0.355 e. The summed E-state index contributed by atoms with van der Waals surface area (Å²) in [6.07, 6.45) is 4.02. The van der Waals surface area contributed by atoms with Gasteiger partial charge in [0, 0.05) is 12.6 Å². The maximum Gasteiger partial charge on any atom is 0.191 e. The van der Waals surface area contributed by atoms with Crippen molar-refractivity contribution < 1.29 is 0 Å². The first-order valence-corrected chi connectivity index (χ1v) is 4.95. The van der Waals surface area contributed by atoms with Crippen LogP contribution in [-0.4, -0.2) is 25.1 Å². The summed E-state index contributed by atoms with van der Waals surface area (Å²) in [4.78, 5) is 4.30. The Morgan fingerprint density at radius 1 is 1.67 bits per heavy atom. The van der Waals surface area contributed by atoms with E-state index >= 15 is 0 Å². The van der Waals surface area contributed by atoms with Crippen LogP contribution in [0.25, 0.3) is 0 Å². The van der Waals surface area contributed by atoms with Gasteiger partial charge >= 0.3 is 0 Å². The highest BCUT2D eigenvalue weighted by Gasteiger charge is 2.36. The average molecular weight is 167 g/mol. The summed E-state index contributed by atoms with van der Waals surface area (Å²) < 4.78 is 0. The topological polar surface area (TPSA) is 36.4 Å². The molecule has 1 aliphatic heterocycles. The summed E-state index contributed by atoms with van der Waals surface area (Å²) in [5.41, 5.74) is 0. The van der Waals surface area contributed by atoms with Crippen molar-refractivity contribution in [1.29, 1.82) is 0 Å². The fourth-order valence-corrected chi connectivity index (χ4v) is 1.78. The van der Waals surface area contributed by atoms with E-state index in [1.807, 2.05) is 0 Å². The number of guanidine groups is 1. The van der Waals surface area contributed by atoms with Gasteiger partial charge in [-0.05, 0) is 18.8 Å². The summed E-state index contributed by atoms with van der Waals surface area (Å²) in [6, 6.07) is 0.717. The minimum absolute atomic E-state index is 0.717. The first kappa shape index (κ1) is 7.90. The zero-order valence-corrected chi connectivity index (χ0v) is 7.64. The molecule has 1 heterocycles. The SMILES string of the molecule is CCC[C@@H]1C[C@H]1NC1=NCCN1. The molecule has 2 atom stereocenters. The van der Waals surface area contributed by atoms with Crippen molar-refractivity contribution in [2.75, 3.05) is 13.1 Å². The summed E-state index contributed by atoms with van der Waals surface area (Å²) in [7, 11) is 0. The molecule has 1 aliphatic carbocycles. The van der Waals surface area contributed by atoms with Crippen molar-refractivity contribution in [3.05, 3.63) is 0 Å². The van der Waals surface area contributed by atoms with Gasteiger partial charge in [-0.1, -0.05) is 13.3 Å². The second-order valence-electron chi connectivity index (χ2n) is 3.69. The molecule has 0 spiro atoms. The van der Waals surface area contributed by atoms with E-state index in [2.05, 4.69) is 22.5 Å². The summed E-state index contributed by atoms with van der Waals surface area (Å²) >= 11 is 0. The van der Waals surface area contributed by atoms with Gasteiger partial charge in [0.1, 0.15) is 0 Å². The fourth-order valence-electron chi connectivity index (χ4n) is 1.78. The van der Waals surface area contributed by atoms with Crippen LogP contribution in [0.3, 0.4) is 0 Å². The Bertz CT molecular complexity index is 188. The molecule has 1 saturated carbocycles. The smallest absolute Gasteiger partial charge is 0.191 e. The van der Waals surface area contributed by atoms with Crippen molar-refractivity contribution in [3.8, 4) is 0 Å². The quantitative estimate of drug-likeness (QED) is 0.650. The Hall–Kier alpha value is -0.730. The number of hydrogen-bond donors (Lipinski definition) is 2. The molecular weight excluding hydrogens is 150 g/mol. The van der Waals surface area contributed by atoms with Crippen molar-refractivity contribution in [2.45, 2.75) is 32.2 Å². The number of nitrogens with zero attached hydrogens (tertiary/aromatic N) is 1. The van der Waals surface area contributed by atoms with Gasteiger partial charge in [-0.3, -0.25) is 4.99 Å². The highest BCUT2D eigenvalue weighted by atomic mass is 15.2. The molecule has 0 aromatic heterocycles. The third kappa shape index (κ3) is 1.71. The molecule has 12 heavy (non-hydrogen) atoms. The van der Waals surface area contributed by atoms with E-state index < -0.39 is 0 Å². The first-order valence-electron chi connectivity index (χ1n) is 4.95. The minimum Gasteiger partial charge on any atom is -0.355 e. The van der Waals surface area contributed by atoms with Crippen molar-refractivity contribution >= 4 is 5.96 Å². The normalized spacial score (nSPS) is 32.6. The Balaban J connectivity index is 1.69. The van der Waals surface area contributed by atoms with Gasteiger partial charge in [0.25, 0.3) is 0 Å². The van der Waals surface area contributed by atoms with Gasteiger partial charge in [0.2, 0.25) is 0 Å². The van der Waals surface area contributed by atoms with Crippen LogP contribution >= 0.6 is 0 Å². The van der Waals surface area contributed by atoms with Crippen LogP contribution in [0.4, 0.5) is 0 Å². The van der Waals surface area contributed by atoms with Crippen molar-refractivity contribution in [2.24, 2.45) is 10.9 Å². The average Bonchev–Trinajstić information content (AvgIpc) is 2.62. The van der Waals surface area contributed by atoms with Crippen LogP contribution in [0, 0.1) is 5.92 Å². The lowest BCUT2D eigenvalue weighted by Gasteiger charge is -2.04. The maximum absolute atomic E-state index is 4.30. The zero-order chi connectivity index (χ0) is 8.39. The highest BCUT2D eigenvalue weighted by molar-refractivity contribution is 5.81. The first-order chi connectivity index (χ1) is 5.90. The molecule has 0 saturated heterocycles. The second kappa shape index (κ2) is 3.33. The molecule has 1 fully saturated rings. The number of nitrogens with one attached hydrogen (secondary N) is 2. The van der Waals surface area contributed by atoms with E-state index in [9.17, 15) is 0 Å². The van der Waals surface area contributed by atoms with Crippen LogP contribution < -0.4 is 10.6 Å². The monoisotopic (exact) mass is 167 g/mol. The number of rotatable bonds is 3. The van der Waals surface area contributed by atoms with Gasteiger partial charge in [-0.15, -0.1) is 0 Å². The number of hydrogen-bond acceptors (Lipinski definition) is 3. The predicted octanol–water partition coefficient (Wildman–Crippen LogP) is 0.724. The van der Waals surface area contributed by atoms with E-state index in [1.54, 1.807) is 0 Å². The van der Waals surface area contributed by atoms with Crippen LogP contribution in [0.5, 0.6) is 0 Å². The van der Waals surface area contributed by atoms with E-state index in [4.69, 9.17) is 0 Å². The third-order valence-corrected chi connectivity index (χ3v) is 2.58. The van der Waals surface area contributed by atoms with Crippen LogP contribution in [-0.2, 0) is 0 Å². The fraction of sp³-hybridized carbons (Fsp3) is 0.889. The molecule has 0 radical (unpaired) electrons. The minimum atomic E-state index is 0.717. The second-order valence-corrected chi connectivity index (χ2v) is 3.69.